The third kappa shape index (κ3) is 3.90. The fraction of sp³-hybridized carbons (Fsp3) is 0.250. The molecule has 20 heavy (non-hydrogen) atoms. The van der Waals surface area contributed by atoms with Crippen LogP contribution in [-0.2, 0) is 6.54 Å². The van der Waals surface area contributed by atoms with Crippen LogP contribution in [-0.4, -0.2) is 36.4 Å². The maximum Gasteiger partial charge on any atom is 0.176 e. The lowest BCUT2D eigenvalue weighted by Crippen LogP contribution is -2.25. The van der Waals surface area contributed by atoms with Gasteiger partial charge in [0.25, 0.3) is 0 Å². The van der Waals surface area contributed by atoms with Gasteiger partial charge >= 0.3 is 0 Å². The Labute approximate surface area is 119 Å². The summed E-state index contributed by atoms with van der Waals surface area (Å²) in [6, 6.07) is 11.1. The number of hydrogen-bond donors (Lipinski definition) is 0. The second-order valence-corrected chi connectivity index (χ2v) is 4.68. The van der Waals surface area contributed by atoms with E-state index >= 15 is 0 Å². The lowest BCUT2D eigenvalue weighted by Gasteiger charge is -2.15. The molecule has 2 rings (SSSR count). The quantitative estimate of drug-likeness (QED) is 0.756. The van der Waals surface area contributed by atoms with E-state index < -0.39 is 0 Å². The second kappa shape index (κ2) is 6.82. The van der Waals surface area contributed by atoms with Gasteiger partial charge < -0.3 is 4.74 Å². The molecular formula is C16H18N2O2. The molecule has 4 heteroatoms. The number of likely N-dealkylation sites (N-methyl/N-ethyl adjacent to an activating group) is 1. The first-order valence-electron chi connectivity index (χ1n) is 6.44. The van der Waals surface area contributed by atoms with Crippen molar-refractivity contribution < 1.29 is 9.53 Å². The lowest BCUT2D eigenvalue weighted by atomic mass is 10.1. The summed E-state index contributed by atoms with van der Waals surface area (Å²) in [5.41, 5.74) is 1.84. The van der Waals surface area contributed by atoms with Gasteiger partial charge in [0.05, 0.1) is 13.7 Å². The maximum absolute atomic E-state index is 12.2. The number of carbonyl (C=O) groups excluding carboxylic acids is 1. The van der Waals surface area contributed by atoms with Crippen LogP contribution in [0.1, 0.15) is 15.9 Å². The highest BCUT2D eigenvalue weighted by Gasteiger charge is 2.09. The summed E-state index contributed by atoms with van der Waals surface area (Å²) in [7, 11) is 3.54. The third-order valence-corrected chi connectivity index (χ3v) is 3.03. The van der Waals surface area contributed by atoms with Crippen molar-refractivity contribution >= 4 is 5.78 Å². The molecule has 104 valence electrons. The van der Waals surface area contributed by atoms with Crippen molar-refractivity contribution in [2.45, 2.75) is 6.54 Å². The van der Waals surface area contributed by atoms with Crippen LogP contribution in [0, 0.1) is 0 Å². The van der Waals surface area contributed by atoms with E-state index in [2.05, 4.69) is 4.98 Å². The number of rotatable bonds is 6. The molecule has 1 aromatic carbocycles. The Bertz CT molecular complexity index is 552. The average Bonchev–Trinajstić information content (AvgIpc) is 2.48. The molecule has 1 aromatic heterocycles. The Morgan fingerprint density at radius 2 is 1.80 bits per heavy atom. The fourth-order valence-corrected chi connectivity index (χ4v) is 1.97. The monoisotopic (exact) mass is 270 g/mol. The summed E-state index contributed by atoms with van der Waals surface area (Å²) >= 11 is 0. The largest absolute Gasteiger partial charge is 0.497 e. The maximum atomic E-state index is 12.2. The average molecular weight is 270 g/mol. The minimum absolute atomic E-state index is 0.101. The van der Waals surface area contributed by atoms with Crippen molar-refractivity contribution in [1.82, 2.24) is 9.88 Å². The van der Waals surface area contributed by atoms with Gasteiger partial charge in [0.15, 0.2) is 5.78 Å². The molecule has 0 aliphatic carbocycles. The van der Waals surface area contributed by atoms with Crippen LogP contribution in [0.15, 0.2) is 48.8 Å². The van der Waals surface area contributed by atoms with Gasteiger partial charge in [0.1, 0.15) is 5.75 Å². The van der Waals surface area contributed by atoms with Crippen LogP contribution in [0.4, 0.5) is 0 Å². The van der Waals surface area contributed by atoms with Gasteiger partial charge in [0.2, 0.25) is 0 Å². The second-order valence-electron chi connectivity index (χ2n) is 4.68. The van der Waals surface area contributed by atoms with Crippen molar-refractivity contribution in [3.63, 3.8) is 0 Å². The summed E-state index contributed by atoms with van der Waals surface area (Å²) < 4.78 is 5.08. The first-order chi connectivity index (χ1) is 9.69. The van der Waals surface area contributed by atoms with E-state index in [-0.39, 0.29) is 5.78 Å². The number of pyridine rings is 1. The zero-order chi connectivity index (χ0) is 14.4. The Morgan fingerprint density at radius 1 is 1.15 bits per heavy atom. The third-order valence-electron chi connectivity index (χ3n) is 3.03. The number of hydrogen-bond acceptors (Lipinski definition) is 4. The summed E-state index contributed by atoms with van der Waals surface area (Å²) in [4.78, 5) is 18.1. The molecule has 0 aliphatic rings. The molecule has 0 spiro atoms. The summed E-state index contributed by atoms with van der Waals surface area (Å²) in [5, 5.41) is 0. The molecule has 2 aromatic rings. The number of ether oxygens (including phenoxy) is 1. The van der Waals surface area contributed by atoms with Crippen molar-refractivity contribution in [3.8, 4) is 5.75 Å². The van der Waals surface area contributed by atoms with E-state index in [1.54, 1.807) is 43.8 Å². The van der Waals surface area contributed by atoms with Crippen molar-refractivity contribution in [2.24, 2.45) is 0 Å². The minimum atomic E-state index is 0.101. The zero-order valence-electron chi connectivity index (χ0n) is 11.7. The Balaban J connectivity index is 1.93. The van der Waals surface area contributed by atoms with Gasteiger partial charge in [-0.2, -0.15) is 0 Å². The molecule has 0 radical (unpaired) electrons. The van der Waals surface area contributed by atoms with Crippen molar-refractivity contribution in [1.29, 1.82) is 0 Å². The molecule has 0 aliphatic heterocycles. The van der Waals surface area contributed by atoms with Crippen molar-refractivity contribution in [2.75, 3.05) is 20.7 Å². The Hall–Kier alpha value is -2.20. The van der Waals surface area contributed by atoms with Gasteiger partial charge in [-0.15, -0.1) is 0 Å². The molecule has 0 unspecified atom stereocenters. The SMILES string of the molecule is COc1ccc(C(=O)CN(C)Cc2ccncc2)cc1. The highest BCUT2D eigenvalue weighted by atomic mass is 16.5. The number of carbonyl (C=O) groups is 1. The van der Waals surface area contributed by atoms with Crippen LogP contribution in [0.2, 0.25) is 0 Å². The normalized spacial score (nSPS) is 10.6. The van der Waals surface area contributed by atoms with E-state index in [1.807, 2.05) is 24.1 Å². The van der Waals surface area contributed by atoms with E-state index in [9.17, 15) is 4.79 Å². The molecule has 0 fully saturated rings. The molecular weight excluding hydrogens is 252 g/mol. The highest BCUT2D eigenvalue weighted by Crippen LogP contribution is 2.12. The molecule has 0 amide bonds. The molecule has 0 atom stereocenters. The van der Waals surface area contributed by atoms with E-state index in [0.717, 1.165) is 17.9 Å². The molecule has 0 saturated heterocycles. The Kier molecular flexibility index (Phi) is 4.85. The van der Waals surface area contributed by atoms with Gasteiger partial charge in [-0.25, -0.2) is 0 Å². The zero-order valence-corrected chi connectivity index (χ0v) is 11.7. The number of benzene rings is 1. The van der Waals surface area contributed by atoms with Crippen LogP contribution in [0.5, 0.6) is 5.75 Å². The predicted molar refractivity (Wildman–Crippen MR) is 77.9 cm³/mol. The Morgan fingerprint density at radius 3 is 2.40 bits per heavy atom. The molecule has 0 bridgehead atoms. The number of ketones is 1. The smallest absolute Gasteiger partial charge is 0.176 e. The van der Waals surface area contributed by atoms with E-state index in [0.29, 0.717) is 12.1 Å². The summed E-state index contributed by atoms with van der Waals surface area (Å²) in [6.07, 6.45) is 3.52. The van der Waals surface area contributed by atoms with Gasteiger partial charge in [0, 0.05) is 24.5 Å². The molecule has 0 N–H and O–H groups in total. The van der Waals surface area contributed by atoms with Gasteiger partial charge in [-0.3, -0.25) is 14.7 Å². The standard InChI is InChI=1S/C16H18N2O2/c1-18(11-13-7-9-17-10-8-13)12-16(19)14-3-5-15(20-2)6-4-14/h3-10H,11-12H2,1-2H3. The summed E-state index contributed by atoms with van der Waals surface area (Å²) in [6.45, 7) is 1.11. The van der Waals surface area contributed by atoms with Crippen LogP contribution in [0.25, 0.3) is 0 Å². The van der Waals surface area contributed by atoms with Crippen LogP contribution in [0.3, 0.4) is 0 Å². The van der Waals surface area contributed by atoms with Crippen LogP contribution >= 0.6 is 0 Å². The first-order valence-corrected chi connectivity index (χ1v) is 6.44. The van der Waals surface area contributed by atoms with Crippen LogP contribution < -0.4 is 4.74 Å². The summed E-state index contributed by atoms with van der Waals surface area (Å²) in [5.74, 6) is 0.857. The van der Waals surface area contributed by atoms with E-state index in [4.69, 9.17) is 4.74 Å². The number of methoxy groups -OCH3 is 1. The van der Waals surface area contributed by atoms with E-state index in [1.165, 1.54) is 0 Å². The van der Waals surface area contributed by atoms with Crippen molar-refractivity contribution in [3.05, 3.63) is 59.9 Å². The van der Waals surface area contributed by atoms with Gasteiger partial charge in [-0.05, 0) is 49.0 Å². The topological polar surface area (TPSA) is 42.4 Å². The van der Waals surface area contributed by atoms with Gasteiger partial charge in [-0.1, -0.05) is 0 Å². The highest BCUT2D eigenvalue weighted by molar-refractivity contribution is 5.97. The number of Topliss-reactive ketones (excluding diaryl/α,β-unsaturated/α-hetero) is 1. The first kappa shape index (κ1) is 14.2. The lowest BCUT2D eigenvalue weighted by molar-refractivity contribution is 0.0943. The molecule has 0 saturated carbocycles. The fourth-order valence-electron chi connectivity index (χ4n) is 1.97. The minimum Gasteiger partial charge on any atom is -0.497 e. The predicted octanol–water partition coefficient (Wildman–Crippen LogP) is 2.40. The number of aromatic nitrogens is 1. The number of nitrogens with zero attached hydrogens (tertiary/aromatic N) is 2. The molecule has 1 heterocycles. The molecule has 4 nitrogen and oxygen atoms in total.